The lowest BCUT2D eigenvalue weighted by Crippen LogP contribution is -2.37. The van der Waals surface area contributed by atoms with Crippen LogP contribution in [0.5, 0.6) is 0 Å². The molecule has 2 nitrogen and oxygen atoms in total. The van der Waals surface area contributed by atoms with Gasteiger partial charge in [-0.1, -0.05) is 25.5 Å². The second kappa shape index (κ2) is 7.36. The predicted molar refractivity (Wildman–Crippen MR) is 58.3 cm³/mol. The summed E-state index contributed by atoms with van der Waals surface area (Å²) in [6.07, 6.45) is 5.70. The normalized spacial score (nSPS) is 16.3. The molecule has 0 heterocycles. The maximum atomic E-state index is 9.76. The summed E-state index contributed by atoms with van der Waals surface area (Å²) in [6.45, 7) is 5.33. The van der Waals surface area contributed by atoms with Crippen LogP contribution in [0.25, 0.3) is 0 Å². The van der Waals surface area contributed by atoms with Crippen molar-refractivity contribution >= 4 is 11.6 Å². The zero-order valence-corrected chi connectivity index (χ0v) is 9.27. The quantitative estimate of drug-likeness (QED) is 0.378. The topological polar surface area (TPSA) is 32.3 Å². The number of rotatable bonds is 7. The lowest BCUT2D eigenvalue weighted by molar-refractivity contribution is 0.0511. The number of nitrogens with one attached hydrogen (secondary N) is 1. The molecule has 0 aliphatic heterocycles. The fourth-order valence-electron chi connectivity index (χ4n) is 1.20. The van der Waals surface area contributed by atoms with Crippen LogP contribution < -0.4 is 5.32 Å². The molecule has 0 aromatic rings. The highest BCUT2D eigenvalue weighted by atomic mass is 35.5. The molecular weight excluding hydrogens is 186 g/mol. The van der Waals surface area contributed by atoms with Crippen LogP contribution in [0.3, 0.4) is 0 Å². The van der Waals surface area contributed by atoms with Gasteiger partial charge in [0.05, 0.1) is 5.60 Å². The van der Waals surface area contributed by atoms with E-state index in [4.69, 9.17) is 11.6 Å². The van der Waals surface area contributed by atoms with E-state index in [9.17, 15) is 5.11 Å². The molecule has 0 bridgehead atoms. The molecule has 0 radical (unpaired) electrons. The molecule has 0 aliphatic rings. The fraction of sp³-hybridized carbons (Fsp3) is 0.800. The second-order valence-corrected chi connectivity index (χ2v) is 3.81. The van der Waals surface area contributed by atoms with Gasteiger partial charge in [-0.05, 0) is 13.3 Å². The van der Waals surface area contributed by atoms with Gasteiger partial charge in [0.2, 0.25) is 0 Å². The summed E-state index contributed by atoms with van der Waals surface area (Å²) in [6, 6.07) is 0. The Balaban J connectivity index is 3.45. The van der Waals surface area contributed by atoms with E-state index in [1.807, 2.05) is 19.1 Å². The first-order chi connectivity index (χ1) is 6.12. The largest absolute Gasteiger partial charge is 0.389 e. The van der Waals surface area contributed by atoms with E-state index in [0.29, 0.717) is 12.4 Å². The molecule has 78 valence electrons. The van der Waals surface area contributed by atoms with Gasteiger partial charge in [-0.25, -0.2) is 0 Å². The Kier molecular flexibility index (Phi) is 7.33. The van der Waals surface area contributed by atoms with E-state index >= 15 is 0 Å². The highest BCUT2D eigenvalue weighted by molar-refractivity contribution is 6.18. The highest BCUT2D eigenvalue weighted by Gasteiger charge is 2.17. The standard InChI is InChI=1S/C10H20ClNO/c1-3-6-10(2,13)9-12-8-5-4-7-11/h4-5,12-13H,3,6-9H2,1-2H3/b5-4+. The van der Waals surface area contributed by atoms with E-state index in [-0.39, 0.29) is 0 Å². The summed E-state index contributed by atoms with van der Waals surface area (Å²) < 4.78 is 0. The van der Waals surface area contributed by atoms with Crippen LogP contribution in [0.15, 0.2) is 12.2 Å². The maximum Gasteiger partial charge on any atom is 0.0743 e. The minimum absolute atomic E-state index is 0.549. The number of hydrogen-bond acceptors (Lipinski definition) is 2. The number of halogens is 1. The van der Waals surface area contributed by atoms with Gasteiger partial charge in [-0.2, -0.15) is 0 Å². The van der Waals surface area contributed by atoms with Crippen LogP contribution in [-0.4, -0.2) is 29.7 Å². The Morgan fingerprint density at radius 1 is 1.46 bits per heavy atom. The van der Waals surface area contributed by atoms with E-state index in [2.05, 4.69) is 12.2 Å². The van der Waals surface area contributed by atoms with Crippen molar-refractivity contribution in [3.8, 4) is 0 Å². The Labute approximate surface area is 86.0 Å². The monoisotopic (exact) mass is 205 g/mol. The number of alkyl halides is 1. The van der Waals surface area contributed by atoms with Crippen LogP contribution >= 0.6 is 11.6 Å². The van der Waals surface area contributed by atoms with Crippen molar-refractivity contribution in [3.05, 3.63) is 12.2 Å². The van der Waals surface area contributed by atoms with Gasteiger partial charge in [0.25, 0.3) is 0 Å². The highest BCUT2D eigenvalue weighted by Crippen LogP contribution is 2.09. The number of allylic oxidation sites excluding steroid dienone is 1. The van der Waals surface area contributed by atoms with Gasteiger partial charge in [0.1, 0.15) is 0 Å². The smallest absolute Gasteiger partial charge is 0.0743 e. The van der Waals surface area contributed by atoms with Gasteiger partial charge in [0.15, 0.2) is 0 Å². The van der Waals surface area contributed by atoms with Gasteiger partial charge < -0.3 is 10.4 Å². The molecule has 0 aromatic carbocycles. The van der Waals surface area contributed by atoms with Crippen molar-refractivity contribution in [2.75, 3.05) is 19.0 Å². The van der Waals surface area contributed by atoms with Crippen LogP contribution in [-0.2, 0) is 0 Å². The first kappa shape index (κ1) is 12.9. The minimum Gasteiger partial charge on any atom is -0.389 e. The van der Waals surface area contributed by atoms with Gasteiger partial charge in [-0.3, -0.25) is 0 Å². The summed E-state index contributed by atoms with van der Waals surface area (Å²) in [5.74, 6) is 0.549. The summed E-state index contributed by atoms with van der Waals surface area (Å²) in [4.78, 5) is 0. The minimum atomic E-state index is -0.580. The van der Waals surface area contributed by atoms with Crippen LogP contribution in [0, 0.1) is 0 Å². The molecule has 0 saturated heterocycles. The molecule has 0 aromatic heterocycles. The van der Waals surface area contributed by atoms with E-state index in [1.54, 1.807) is 0 Å². The third kappa shape index (κ3) is 8.28. The van der Waals surface area contributed by atoms with Crippen molar-refractivity contribution in [2.45, 2.75) is 32.3 Å². The summed E-state index contributed by atoms with van der Waals surface area (Å²) in [5, 5.41) is 12.9. The molecule has 2 N–H and O–H groups in total. The Hall–Kier alpha value is -0.0500. The number of aliphatic hydroxyl groups is 1. The lowest BCUT2D eigenvalue weighted by atomic mass is 10.0. The zero-order valence-electron chi connectivity index (χ0n) is 8.52. The molecule has 0 rings (SSSR count). The Morgan fingerprint density at radius 3 is 2.69 bits per heavy atom. The van der Waals surface area contributed by atoms with Crippen molar-refractivity contribution in [1.82, 2.24) is 5.32 Å². The summed E-state index contributed by atoms with van der Waals surface area (Å²) >= 11 is 5.46. The first-order valence-electron chi connectivity index (χ1n) is 4.76. The van der Waals surface area contributed by atoms with Gasteiger partial charge in [-0.15, -0.1) is 11.6 Å². The van der Waals surface area contributed by atoms with Crippen LogP contribution in [0.1, 0.15) is 26.7 Å². The van der Waals surface area contributed by atoms with Gasteiger partial charge in [0, 0.05) is 19.0 Å². The predicted octanol–water partition coefficient (Wildman–Crippen LogP) is 1.92. The summed E-state index contributed by atoms with van der Waals surface area (Å²) in [5.41, 5.74) is -0.580. The number of hydrogen-bond donors (Lipinski definition) is 2. The molecule has 0 aliphatic carbocycles. The first-order valence-corrected chi connectivity index (χ1v) is 5.30. The summed E-state index contributed by atoms with van der Waals surface area (Å²) in [7, 11) is 0. The Bertz CT molecular complexity index is 146. The molecule has 0 fully saturated rings. The van der Waals surface area contributed by atoms with Crippen LogP contribution in [0.2, 0.25) is 0 Å². The molecule has 0 amide bonds. The average Bonchev–Trinajstić information content (AvgIpc) is 2.04. The fourth-order valence-corrected chi connectivity index (χ4v) is 1.32. The van der Waals surface area contributed by atoms with Crippen molar-refractivity contribution in [2.24, 2.45) is 0 Å². The molecule has 0 saturated carbocycles. The molecule has 1 atom stereocenters. The maximum absolute atomic E-state index is 9.76. The van der Waals surface area contributed by atoms with Gasteiger partial charge >= 0.3 is 0 Å². The van der Waals surface area contributed by atoms with E-state index in [0.717, 1.165) is 19.4 Å². The molecular formula is C10H20ClNO. The Morgan fingerprint density at radius 2 is 2.15 bits per heavy atom. The third-order valence-electron chi connectivity index (χ3n) is 1.81. The molecule has 1 unspecified atom stereocenters. The lowest BCUT2D eigenvalue weighted by Gasteiger charge is -2.22. The van der Waals surface area contributed by atoms with Crippen molar-refractivity contribution in [3.63, 3.8) is 0 Å². The molecule has 13 heavy (non-hydrogen) atoms. The van der Waals surface area contributed by atoms with E-state index < -0.39 is 5.60 Å². The third-order valence-corrected chi connectivity index (χ3v) is 1.99. The SMILES string of the molecule is CCCC(C)(O)CNC/C=C/CCl. The molecule has 3 heteroatoms. The van der Waals surface area contributed by atoms with Crippen LogP contribution in [0.4, 0.5) is 0 Å². The second-order valence-electron chi connectivity index (χ2n) is 3.50. The molecule has 0 spiro atoms. The van der Waals surface area contributed by atoms with Crippen molar-refractivity contribution < 1.29 is 5.11 Å². The zero-order chi connectivity index (χ0) is 10.2. The van der Waals surface area contributed by atoms with Crippen molar-refractivity contribution in [1.29, 1.82) is 0 Å². The average molecular weight is 206 g/mol. The van der Waals surface area contributed by atoms with E-state index in [1.165, 1.54) is 0 Å².